The lowest BCUT2D eigenvalue weighted by molar-refractivity contribution is 0.695. The Kier molecular flexibility index (Phi) is 3.86. The highest BCUT2D eigenvalue weighted by molar-refractivity contribution is 5.17. The van der Waals surface area contributed by atoms with Gasteiger partial charge in [0.05, 0.1) is 0 Å². The third-order valence-electron chi connectivity index (χ3n) is 1.60. The first-order chi connectivity index (χ1) is 6.36. The average molecular weight is 176 g/mol. The number of likely N-dealkylation sites (N-methyl/N-ethyl adjacent to an activating group) is 1. The van der Waals surface area contributed by atoms with E-state index in [1.165, 1.54) is 0 Å². The Morgan fingerprint density at radius 3 is 3.15 bits per heavy atom. The summed E-state index contributed by atoms with van der Waals surface area (Å²) < 4.78 is 0. The monoisotopic (exact) mass is 176 g/mol. The molecule has 0 saturated heterocycles. The summed E-state index contributed by atoms with van der Waals surface area (Å²) in [5, 5.41) is 11.7. The number of hydrogen-bond acceptors (Lipinski definition) is 4. The van der Waals surface area contributed by atoms with E-state index in [9.17, 15) is 0 Å². The second kappa shape index (κ2) is 5.22. The van der Waals surface area contributed by atoms with E-state index in [0.29, 0.717) is 5.69 Å². The Morgan fingerprint density at radius 2 is 2.46 bits per heavy atom. The normalized spacial score (nSPS) is 9.54. The van der Waals surface area contributed by atoms with E-state index in [2.05, 4.69) is 15.3 Å². The van der Waals surface area contributed by atoms with Crippen LogP contribution in [0.4, 0.5) is 0 Å². The number of nitrogens with one attached hydrogen (secondary N) is 1. The average Bonchev–Trinajstić information content (AvgIpc) is 2.19. The molecule has 0 spiro atoms. The molecule has 0 aliphatic carbocycles. The summed E-state index contributed by atoms with van der Waals surface area (Å²) in [5.41, 5.74) is 0.432. The van der Waals surface area contributed by atoms with E-state index in [0.717, 1.165) is 25.3 Å². The highest BCUT2D eigenvalue weighted by Gasteiger charge is 1.97. The van der Waals surface area contributed by atoms with Crippen molar-refractivity contribution in [3.05, 3.63) is 23.8 Å². The second-order valence-corrected chi connectivity index (χ2v) is 2.57. The molecule has 13 heavy (non-hydrogen) atoms. The Hall–Kier alpha value is -1.47. The van der Waals surface area contributed by atoms with Crippen molar-refractivity contribution in [2.75, 3.05) is 13.1 Å². The molecule has 0 amide bonds. The van der Waals surface area contributed by atoms with Gasteiger partial charge in [-0.2, -0.15) is 5.26 Å². The molecule has 0 bridgehead atoms. The molecule has 1 heterocycles. The minimum absolute atomic E-state index is 0.432. The summed E-state index contributed by atoms with van der Waals surface area (Å²) in [5.74, 6) is 0.722. The van der Waals surface area contributed by atoms with E-state index < -0.39 is 0 Å². The molecule has 4 nitrogen and oxygen atoms in total. The third-order valence-corrected chi connectivity index (χ3v) is 1.60. The van der Waals surface area contributed by atoms with Crippen LogP contribution < -0.4 is 5.32 Å². The molecule has 0 aromatic carbocycles. The van der Waals surface area contributed by atoms with Crippen LogP contribution in [0.3, 0.4) is 0 Å². The van der Waals surface area contributed by atoms with Crippen molar-refractivity contribution in [3.8, 4) is 6.07 Å². The van der Waals surface area contributed by atoms with Crippen molar-refractivity contribution in [1.29, 1.82) is 5.26 Å². The lowest BCUT2D eigenvalue weighted by atomic mass is 10.3. The van der Waals surface area contributed by atoms with Crippen LogP contribution in [-0.2, 0) is 6.42 Å². The number of nitriles is 1. The van der Waals surface area contributed by atoms with E-state index in [1.807, 2.05) is 13.0 Å². The van der Waals surface area contributed by atoms with Crippen molar-refractivity contribution in [3.63, 3.8) is 0 Å². The van der Waals surface area contributed by atoms with Gasteiger partial charge < -0.3 is 5.32 Å². The van der Waals surface area contributed by atoms with Gasteiger partial charge in [0, 0.05) is 19.2 Å². The molecule has 1 aromatic heterocycles. The number of aromatic nitrogens is 2. The van der Waals surface area contributed by atoms with Gasteiger partial charge in [0.1, 0.15) is 17.6 Å². The van der Waals surface area contributed by atoms with Crippen LogP contribution >= 0.6 is 0 Å². The van der Waals surface area contributed by atoms with Crippen molar-refractivity contribution in [2.45, 2.75) is 13.3 Å². The van der Waals surface area contributed by atoms with E-state index in [-0.39, 0.29) is 0 Å². The Labute approximate surface area is 77.6 Å². The Morgan fingerprint density at radius 1 is 1.62 bits per heavy atom. The van der Waals surface area contributed by atoms with Crippen LogP contribution in [0.5, 0.6) is 0 Å². The molecule has 0 unspecified atom stereocenters. The first-order valence-electron chi connectivity index (χ1n) is 4.29. The van der Waals surface area contributed by atoms with Gasteiger partial charge in [-0.25, -0.2) is 9.97 Å². The number of rotatable bonds is 4. The molecule has 1 N–H and O–H groups in total. The zero-order valence-corrected chi connectivity index (χ0v) is 7.62. The maximum Gasteiger partial charge on any atom is 0.144 e. The highest BCUT2D eigenvalue weighted by Crippen LogP contribution is 1.93. The van der Waals surface area contributed by atoms with Gasteiger partial charge in [-0.3, -0.25) is 0 Å². The summed E-state index contributed by atoms with van der Waals surface area (Å²) in [7, 11) is 0. The maximum atomic E-state index is 8.58. The van der Waals surface area contributed by atoms with Gasteiger partial charge in [0.25, 0.3) is 0 Å². The lowest BCUT2D eigenvalue weighted by Gasteiger charge is -1.99. The molecular formula is C9H12N4. The van der Waals surface area contributed by atoms with Gasteiger partial charge in [-0.05, 0) is 12.6 Å². The molecule has 68 valence electrons. The summed E-state index contributed by atoms with van der Waals surface area (Å²) in [4.78, 5) is 8.11. The molecule has 0 radical (unpaired) electrons. The van der Waals surface area contributed by atoms with Crippen molar-refractivity contribution in [1.82, 2.24) is 15.3 Å². The topological polar surface area (TPSA) is 61.6 Å². The fourth-order valence-corrected chi connectivity index (χ4v) is 0.959. The second-order valence-electron chi connectivity index (χ2n) is 2.57. The molecule has 0 fully saturated rings. The van der Waals surface area contributed by atoms with E-state index >= 15 is 0 Å². The van der Waals surface area contributed by atoms with Crippen molar-refractivity contribution >= 4 is 0 Å². The zero-order chi connectivity index (χ0) is 9.52. The molecule has 0 atom stereocenters. The van der Waals surface area contributed by atoms with Gasteiger partial charge in [-0.15, -0.1) is 0 Å². The minimum Gasteiger partial charge on any atom is -0.317 e. The van der Waals surface area contributed by atoms with Crippen LogP contribution in [0.25, 0.3) is 0 Å². The standard InChI is InChI=1S/C9H12N4/c1-2-11-5-4-9-12-6-3-8(7-10)13-9/h3,6,11H,2,4-5H2,1H3. The Bertz CT molecular complexity index is 303. The smallest absolute Gasteiger partial charge is 0.144 e. The lowest BCUT2D eigenvalue weighted by Crippen LogP contribution is -2.17. The summed E-state index contributed by atoms with van der Waals surface area (Å²) >= 11 is 0. The van der Waals surface area contributed by atoms with Crippen LogP contribution in [-0.4, -0.2) is 23.1 Å². The predicted molar refractivity (Wildman–Crippen MR) is 49.0 cm³/mol. The zero-order valence-electron chi connectivity index (χ0n) is 7.62. The summed E-state index contributed by atoms with van der Waals surface area (Å²) in [6.45, 7) is 3.84. The van der Waals surface area contributed by atoms with Gasteiger partial charge in [0.15, 0.2) is 0 Å². The van der Waals surface area contributed by atoms with Crippen molar-refractivity contribution in [2.24, 2.45) is 0 Å². The van der Waals surface area contributed by atoms with E-state index in [1.54, 1.807) is 12.3 Å². The number of hydrogen-bond donors (Lipinski definition) is 1. The first-order valence-corrected chi connectivity index (χ1v) is 4.29. The molecule has 4 heteroatoms. The minimum atomic E-state index is 0.432. The predicted octanol–water partition coefficient (Wildman–Crippen LogP) is 0.500. The van der Waals surface area contributed by atoms with Crippen molar-refractivity contribution < 1.29 is 0 Å². The fourth-order valence-electron chi connectivity index (χ4n) is 0.959. The van der Waals surface area contributed by atoms with Gasteiger partial charge in [0.2, 0.25) is 0 Å². The fraction of sp³-hybridized carbons (Fsp3) is 0.444. The first kappa shape index (κ1) is 9.62. The van der Waals surface area contributed by atoms with Crippen LogP contribution in [0, 0.1) is 11.3 Å². The summed E-state index contributed by atoms with van der Waals surface area (Å²) in [6.07, 6.45) is 2.39. The SMILES string of the molecule is CCNCCc1nccc(C#N)n1. The van der Waals surface area contributed by atoms with Crippen LogP contribution in [0.2, 0.25) is 0 Å². The number of nitrogens with zero attached hydrogens (tertiary/aromatic N) is 3. The van der Waals surface area contributed by atoms with Crippen LogP contribution in [0.15, 0.2) is 12.3 Å². The third kappa shape index (κ3) is 3.18. The molecule has 0 aliphatic rings. The largest absolute Gasteiger partial charge is 0.317 e. The molecule has 1 aromatic rings. The van der Waals surface area contributed by atoms with Gasteiger partial charge in [-0.1, -0.05) is 6.92 Å². The summed E-state index contributed by atoms with van der Waals surface area (Å²) in [6, 6.07) is 3.59. The van der Waals surface area contributed by atoms with Gasteiger partial charge >= 0.3 is 0 Å². The van der Waals surface area contributed by atoms with E-state index in [4.69, 9.17) is 5.26 Å². The Balaban J connectivity index is 2.52. The maximum absolute atomic E-state index is 8.58. The molecule has 0 saturated carbocycles. The quantitative estimate of drug-likeness (QED) is 0.678. The molecule has 1 rings (SSSR count). The van der Waals surface area contributed by atoms with Crippen LogP contribution in [0.1, 0.15) is 18.4 Å². The highest BCUT2D eigenvalue weighted by atomic mass is 14.9. The molecule has 0 aliphatic heterocycles. The molecular weight excluding hydrogens is 164 g/mol.